The lowest BCUT2D eigenvalue weighted by Gasteiger charge is -2.11. The minimum atomic E-state index is -0.339. The zero-order valence-electron chi connectivity index (χ0n) is 8.29. The second-order valence-corrected chi connectivity index (χ2v) is 2.92. The van der Waals surface area contributed by atoms with Crippen molar-refractivity contribution in [3.63, 3.8) is 0 Å². The molecule has 0 N–H and O–H groups in total. The molecule has 0 heterocycles. The highest BCUT2D eigenvalue weighted by Crippen LogP contribution is 1.95. The largest absolute Gasteiger partial charge is 0.371 e. The molecule has 0 aromatic carbocycles. The van der Waals surface area contributed by atoms with E-state index in [2.05, 4.69) is 0 Å². The normalized spacial score (nSPS) is 13.4. The molecule has 0 spiro atoms. The molecule has 0 aliphatic carbocycles. The van der Waals surface area contributed by atoms with Crippen LogP contribution in [0, 0.1) is 0 Å². The van der Waals surface area contributed by atoms with Gasteiger partial charge in [-0.25, -0.2) is 0 Å². The van der Waals surface area contributed by atoms with E-state index < -0.39 is 0 Å². The van der Waals surface area contributed by atoms with Gasteiger partial charge in [-0.05, 0) is 27.7 Å². The van der Waals surface area contributed by atoms with Gasteiger partial charge in [-0.1, -0.05) is 0 Å². The Morgan fingerprint density at radius 2 is 1.83 bits per heavy atom. The summed E-state index contributed by atoms with van der Waals surface area (Å²) in [7, 11) is 0. The number of ketones is 1. The molecule has 0 aromatic heterocycles. The average molecular weight is 174 g/mol. The lowest BCUT2D eigenvalue weighted by Crippen LogP contribution is -2.26. The van der Waals surface area contributed by atoms with Crippen molar-refractivity contribution in [2.45, 2.75) is 39.9 Å². The quantitative estimate of drug-likeness (QED) is 0.610. The first-order chi connectivity index (χ1) is 5.57. The van der Waals surface area contributed by atoms with E-state index in [1.54, 1.807) is 6.92 Å². The number of ether oxygens (including phenoxy) is 2. The van der Waals surface area contributed by atoms with Crippen molar-refractivity contribution in [2.75, 3.05) is 13.2 Å². The van der Waals surface area contributed by atoms with Crippen LogP contribution in [0.15, 0.2) is 0 Å². The molecule has 3 heteroatoms. The summed E-state index contributed by atoms with van der Waals surface area (Å²) >= 11 is 0. The molecule has 0 aliphatic heterocycles. The fraction of sp³-hybridized carbons (Fsp3) is 0.889. The Morgan fingerprint density at radius 3 is 2.25 bits per heavy atom. The van der Waals surface area contributed by atoms with E-state index in [4.69, 9.17) is 9.47 Å². The van der Waals surface area contributed by atoms with Crippen molar-refractivity contribution in [3.05, 3.63) is 0 Å². The number of rotatable bonds is 6. The highest BCUT2D eigenvalue weighted by atomic mass is 16.5. The fourth-order valence-corrected chi connectivity index (χ4v) is 0.709. The number of hydrogen-bond acceptors (Lipinski definition) is 3. The summed E-state index contributed by atoms with van der Waals surface area (Å²) in [5, 5.41) is 0. The van der Waals surface area contributed by atoms with Crippen molar-refractivity contribution in [3.8, 4) is 0 Å². The molecule has 12 heavy (non-hydrogen) atoms. The third-order valence-corrected chi connectivity index (χ3v) is 1.43. The standard InChI is InChI=1S/C9H18O3/c1-5-11-8(4)9(10)6-12-7(2)3/h7-8H,5-6H2,1-4H3. The van der Waals surface area contributed by atoms with Crippen LogP contribution in [-0.4, -0.2) is 31.2 Å². The molecule has 0 saturated carbocycles. The first-order valence-corrected chi connectivity index (χ1v) is 4.33. The van der Waals surface area contributed by atoms with E-state index in [-0.39, 0.29) is 24.6 Å². The molecule has 0 saturated heterocycles. The molecule has 0 amide bonds. The minimum absolute atomic E-state index is 0.00514. The van der Waals surface area contributed by atoms with Gasteiger partial charge in [0, 0.05) is 6.61 Å². The summed E-state index contributed by atoms with van der Waals surface area (Å²) in [4.78, 5) is 11.2. The second-order valence-electron chi connectivity index (χ2n) is 2.92. The maximum atomic E-state index is 11.2. The van der Waals surface area contributed by atoms with Crippen LogP contribution in [0.2, 0.25) is 0 Å². The molecular formula is C9H18O3. The maximum Gasteiger partial charge on any atom is 0.186 e. The van der Waals surface area contributed by atoms with Gasteiger partial charge < -0.3 is 9.47 Å². The van der Waals surface area contributed by atoms with Crippen molar-refractivity contribution < 1.29 is 14.3 Å². The molecule has 0 bridgehead atoms. The predicted molar refractivity (Wildman–Crippen MR) is 47.2 cm³/mol. The van der Waals surface area contributed by atoms with Crippen LogP contribution in [0.25, 0.3) is 0 Å². The van der Waals surface area contributed by atoms with Crippen LogP contribution < -0.4 is 0 Å². The van der Waals surface area contributed by atoms with E-state index in [0.717, 1.165) is 0 Å². The molecule has 0 rings (SSSR count). The third-order valence-electron chi connectivity index (χ3n) is 1.43. The van der Waals surface area contributed by atoms with Gasteiger partial charge in [0.15, 0.2) is 5.78 Å². The third kappa shape index (κ3) is 5.27. The van der Waals surface area contributed by atoms with Gasteiger partial charge in [-0.15, -0.1) is 0 Å². The molecule has 0 fully saturated rings. The Labute approximate surface area is 74.0 Å². The van der Waals surface area contributed by atoms with Crippen molar-refractivity contribution in [1.29, 1.82) is 0 Å². The van der Waals surface area contributed by atoms with E-state index in [1.165, 1.54) is 0 Å². The van der Waals surface area contributed by atoms with Gasteiger partial charge in [0.25, 0.3) is 0 Å². The molecule has 0 radical (unpaired) electrons. The Bertz CT molecular complexity index is 132. The number of hydrogen-bond donors (Lipinski definition) is 0. The summed E-state index contributed by atoms with van der Waals surface area (Å²) in [6, 6.07) is 0. The summed E-state index contributed by atoms with van der Waals surface area (Å²) in [5.41, 5.74) is 0. The van der Waals surface area contributed by atoms with Crippen LogP contribution in [0.3, 0.4) is 0 Å². The summed E-state index contributed by atoms with van der Waals surface area (Å²) in [6.45, 7) is 8.13. The summed E-state index contributed by atoms with van der Waals surface area (Å²) in [5.74, 6) is 0.00514. The zero-order chi connectivity index (χ0) is 9.56. The molecule has 72 valence electrons. The Balaban J connectivity index is 3.57. The molecular weight excluding hydrogens is 156 g/mol. The Kier molecular flexibility index (Phi) is 5.93. The van der Waals surface area contributed by atoms with Gasteiger partial charge in [0.2, 0.25) is 0 Å². The first-order valence-electron chi connectivity index (χ1n) is 4.33. The van der Waals surface area contributed by atoms with E-state index in [1.807, 2.05) is 20.8 Å². The fourth-order valence-electron chi connectivity index (χ4n) is 0.709. The SMILES string of the molecule is CCOC(C)C(=O)COC(C)C. The topological polar surface area (TPSA) is 35.5 Å². The Hall–Kier alpha value is -0.410. The molecule has 0 aliphatic rings. The van der Waals surface area contributed by atoms with Crippen molar-refractivity contribution >= 4 is 5.78 Å². The highest BCUT2D eigenvalue weighted by Gasteiger charge is 2.12. The number of carbonyl (C=O) groups is 1. The van der Waals surface area contributed by atoms with Crippen molar-refractivity contribution in [2.24, 2.45) is 0 Å². The van der Waals surface area contributed by atoms with Gasteiger partial charge in [-0.3, -0.25) is 4.79 Å². The number of Topliss-reactive ketones (excluding diaryl/α,β-unsaturated/α-hetero) is 1. The summed E-state index contributed by atoms with van der Waals surface area (Å²) < 4.78 is 10.2. The smallest absolute Gasteiger partial charge is 0.186 e. The first kappa shape index (κ1) is 11.6. The predicted octanol–water partition coefficient (Wildman–Crippen LogP) is 1.41. The van der Waals surface area contributed by atoms with Crippen LogP contribution in [0.1, 0.15) is 27.7 Å². The van der Waals surface area contributed by atoms with Gasteiger partial charge in [0.05, 0.1) is 6.10 Å². The maximum absolute atomic E-state index is 11.2. The second kappa shape index (κ2) is 6.14. The Morgan fingerprint density at radius 1 is 1.25 bits per heavy atom. The molecule has 3 nitrogen and oxygen atoms in total. The monoisotopic (exact) mass is 174 g/mol. The van der Waals surface area contributed by atoms with E-state index in [0.29, 0.717) is 6.61 Å². The van der Waals surface area contributed by atoms with Crippen LogP contribution in [0.4, 0.5) is 0 Å². The molecule has 1 unspecified atom stereocenters. The average Bonchev–Trinajstić information content (AvgIpc) is 2.00. The lowest BCUT2D eigenvalue weighted by atomic mass is 10.3. The highest BCUT2D eigenvalue weighted by molar-refractivity contribution is 5.83. The molecule has 0 aromatic rings. The van der Waals surface area contributed by atoms with Crippen molar-refractivity contribution in [1.82, 2.24) is 0 Å². The van der Waals surface area contributed by atoms with Gasteiger partial charge in [-0.2, -0.15) is 0 Å². The zero-order valence-corrected chi connectivity index (χ0v) is 8.29. The van der Waals surface area contributed by atoms with Crippen LogP contribution in [-0.2, 0) is 14.3 Å². The van der Waals surface area contributed by atoms with Crippen LogP contribution in [0.5, 0.6) is 0 Å². The lowest BCUT2D eigenvalue weighted by molar-refractivity contribution is -0.135. The van der Waals surface area contributed by atoms with Gasteiger partial charge >= 0.3 is 0 Å². The van der Waals surface area contributed by atoms with Crippen LogP contribution >= 0.6 is 0 Å². The van der Waals surface area contributed by atoms with Gasteiger partial charge in [0.1, 0.15) is 12.7 Å². The number of carbonyl (C=O) groups excluding carboxylic acids is 1. The molecule has 1 atom stereocenters. The minimum Gasteiger partial charge on any atom is -0.371 e. The van der Waals surface area contributed by atoms with E-state index >= 15 is 0 Å². The van der Waals surface area contributed by atoms with E-state index in [9.17, 15) is 4.79 Å². The summed E-state index contributed by atoms with van der Waals surface area (Å²) in [6.07, 6.45) is -0.239.